The molecule has 0 aliphatic carbocycles. The van der Waals surface area contributed by atoms with Gasteiger partial charge in [0.1, 0.15) is 6.04 Å². The molecule has 3 rings (SSSR count). The van der Waals surface area contributed by atoms with Gasteiger partial charge in [-0.1, -0.05) is 52.3 Å². The fourth-order valence-electron chi connectivity index (χ4n) is 3.68. The van der Waals surface area contributed by atoms with Gasteiger partial charge >= 0.3 is 0 Å². The lowest BCUT2D eigenvalue weighted by Crippen LogP contribution is -2.51. The molecule has 29 heavy (non-hydrogen) atoms. The van der Waals surface area contributed by atoms with Crippen LogP contribution in [0, 0.1) is 5.92 Å². The summed E-state index contributed by atoms with van der Waals surface area (Å²) >= 11 is 5.06. The Hall–Kier alpha value is -1.79. The van der Waals surface area contributed by atoms with Crippen LogP contribution in [-0.4, -0.2) is 41.6 Å². The molecular weight excluding hydrogens is 448 g/mol. The first kappa shape index (κ1) is 21.9. The Morgan fingerprint density at radius 2 is 1.86 bits per heavy atom. The normalized spacial score (nSPS) is 15.7. The quantitative estimate of drug-likeness (QED) is 0.599. The molecule has 0 radical (unpaired) electrons. The number of thioether (sulfide) groups is 1. The van der Waals surface area contributed by atoms with Crippen molar-refractivity contribution in [2.45, 2.75) is 37.1 Å². The zero-order valence-electron chi connectivity index (χ0n) is 16.6. The molecule has 1 aliphatic heterocycles. The first-order valence-corrected chi connectivity index (χ1v) is 11.8. The highest BCUT2D eigenvalue weighted by molar-refractivity contribution is 9.10. The molecule has 1 atom stereocenters. The minimum absolute atomic E-state index is 0.0286. The molecule has 0 aromatic heterocycles. The highest BCUT2D eigenvalue weighted by atomic mass is 79.9. The van der Waals surface area contributed by atoms with E-state index in [-0.39, 0.29) is 11.8 Å². The van der Waals surface area contributed by atoms with E-state index < -0.39 is 6.04 Å². The average molecular weight is 475 g/mol. The van der Waals surface area contributed by atoms with Crippen molar-refractivity contribution in [3.05, 3.63) is 64.6 Å². The zero-order chi connectivity index (χ0) is 20.6. The Kier molecular flexibility index (Phi) is 8.19. The topological polar surface area (TPSA) is 49.4 Å². The molecule has 0 saturated carbocycles. The van der Waals surface area contributed by atoms with Crippen LogP contribution >= 0.6 is 27.7 Å². The molecule has 1 unspecified atom stereocenters. The predicted octanol–water partition coefficient (Wildman–Crippen LogP) is 4.53. The Bertz CT molecular complexity index is 823. The van der Waals surface area contributed by atoms with E-state index in [0.29, 0.717) is 11.7 Å². The van der Waals surface area contributed by atoms with Gasteiger partial charge in [-0.2, -0.15) is 0 Å². The summed E-state index contributed by atoms with van der Waals surface area (Å²) in [5, 5.41) is 2.85. The van der Waals surface area contributed by atoms with E-state index in [0.717, 1.165) is 41.7 Å². The van der Waals surface area contributed by atoms with Gasteiger partial charge in [-0.3, -0.25) is 9.59 Å². The lowest BCUT2D eigenvalue weighted by atomic mass is 9.90. The van der Waals surface area contributed by atoms with Gasteiger partial charge in [-0.25, -0.2) is 0 Å². The summed E-state index contributed by atoms with van der Waals surface area (Å²) in [6.07, 6.45) is 3.08. The summed E-state index contributed by atoms with van der Waals surface area (Å²) in [7, 11) is 0. The molecule has 1 heterocycles. The Morgan fingerprint density at radius 3 is 2.52 bits per heavy atom. The molecule has 1 fully saturated rings. The molecule has 1 saturated heterocycles. The molecule has 1 aliphatic rings. The third-order valence-corrected chi connectivity index (χ3v) is 6.76. The summed E-state index contributed by atoms with van der Waals surface area (Å²) in [4.78, 5) is 27.7. The first-order valence-electron chi connectivity index (χ1n) is 9.99. The van der Waals surface area contributed by atoms with Crippen LogP contribution in [0.15, 0.2) is 64.0 Å². The molecule has 2 aromatic rings. The lowest BCUT2D eigenvalue weighted by Gasteiger charge is -2.34. The van der Waals surface area contributed by atoms with Crippen molar-refractivity contribution >= 4 is 39.5 Å². The average Bonchev–Trinajstić information content (AvgIpc) is 2.72. The Labute approximate surface area is 185 Å². The van der Waals surface area contributed by atoms with E-state index in [2.05, 4.69) is 45.5 Å². The fourth-order valence-corrected chi connectivity index (χ4v) is 5.20. The second-order valence-corrected chi connectivity index (χ2v) is 9.49. The maximum absolute atomic E-state index is 13.1. The number of piperidine rings is 1. The maximum atomic E-state index is 13.1. The first-order chi connectivity index (χ1) is 14.0. The van der Waals surface area contributed by atoms with E-state index in [4.69, 9.17) is 0 Å². The van der Waals surface area contributed by atoms with Crippen LogP contribution in [0.2, 0.25) is 0 Å². The van der Waals surface area contributed by atoms with Gasteiger partial charge in [0, 0.05) is 35.1 Å². The van der Waals surface area contributed by atoms with Crippen LogP contribution in [-0.2, 0) is 16.0 Å². The van der Waals surface area contributed by atoms with Gasteiger partial charge in [0.15, 0.2) is 0 Å². The van der Waals surface area contributed by atoms with Gasteiger partial charge < -0.3 is 10.2 Å². The van der Waals surface area contributed by atoms with Crippen LogP contribution in [0.4, 0.5) is 0 Å². The SMILES string of the molecule is CC(=O)NC(CSc1cccc(Br)c1)C(=O)N1CCC(Cc2ccccc2)CC1. The maximum Gasteiger partial charge on any atom is 0.246 e. The molecule has 154 valence electrons. The zero-order valence-corrected chi connectivity index (χ0v) is 19.0. The monoisotopic (exact) mass is 474 g/mol. The number of amides is 2. The lowest BCUT2D eigenvalue weighted by molar-refractivity contribution is -0.136. The van der Waals surface area contributed by atoms with E-state index >= 15 is 0 Å². The highest BCUT2D eigenvalue weighted by Gasteiger charge is 2.29. The number of hydrogen-bond acceptors (Lipinski definition) is 3. The molecule has 0 bridgehead atoms. The standard InChI is InChI=1S/C23H27BrN2O2S/c1-17(27)25-22(16-29-21-9-5-8-20(24)15-21)23(28)26-12-10-19(11-13-26)14-18-6-3-2-4-7-18/h2-9,15,19,22H,10-14,16H2,1H3,(H,25,27). The number of nitrogens with zero attached hydrogens (tertiary/aromatic N) is 1. The van der Waals surface area contributed by atoms with Gasteiger partial charge in [0.2, 0.25) is 11.8 Å². The largest absolute Gasteiger partial charge is 0.344 e. The highest BCUT2D eigenvalue weighted by Crippen LogP contribution is 2.25. The second kappa shape index (κ2) is 10.8. The molecule has 6 heteroatoms. The van der Waals surface area contributed by atoms with Crippen molar-refractivity contribution in [3.63, 3.8) is 0 Å². The summed E-state index contributed by atoms with van der Waals surface area (Å²) in [5.41, 5.74) is 1.36. The molecule has 1 N–H and O–H groups in total. The van der Waals surface area contributed by atoms with Crippen molar-refractivity contribution in [2.75, 3.05) is 18.8 Å². The summed E-state index contributed by atoms with van der Waals surface area (Å²) in [5.74, 6) is 0.994. The minimum Gasteiger partial charge on any atom is -0.344 e. The van der Waals surface area contributed by atoms with Crippen molar-refractivity contribution < 1.29 is 9.59 Å². The smallest absolute Gasteiger partial charge is 0.246 e. The van der Waals surface area contributed by atoms with Gasteiger partial charge in [0.05, 0.1) is 0 Å². The molecule has 0 spiro atoms. The number of rotatable bonds is 7. The minimum atomic E-state index is -0.498. The predicted molar refractivity (Wildman–Crippen MR) is 122 cm³/mol. The van der Waals surface area contributed by atoms with E-state index in [1.54, 1.807) is 11.8 Å². The Morgan fingerprint density at radius 1 is 1.14 bits per heavy atom. The summed E-state index contributed by atoms with van der Waals surface area (Å²) < 4.78 is 1.00. The molecule has 2 aromatic carbocycles. The molecular formula is C23H27BrN2O2S. The molecule has 4 nitrogen and oxygen atoms in total. The number of nitrogens with one attached hydrogen (secondary N) is 1. The summed E-state index contributed by atoms with van der Waals surface area (Å²) in [6.45, 7) is 2.98. The number of carbonyl (C=O) groups excluding carboxylic acids is 2. The third-order valence-electron chi connectivity index (χ3n) is 5.18. The van der Waals surface area contributed by atoms with Crippen LogP contribution in [0.5, 0.6) is 0 Å². The van der Waals surface area contributed by atoms with Crippen molar-refractivity contribution in [2.24, 2.45) is 5.92 Å². The van der Waals surface area contributed by atoms with E-state index in [9.17, 15) is 9.59 Å². The molecule has 2 amide bonds. The summed E-state index contributed by atoms with van der Waals surface area (Å²) in [6, 6.07) is 18.0. The van der Waals surface area contributed by atoms with E-state index in [1.807, 2.05) is 35.2 Å². The number of carbonyl (C=O) groups is 2. The van der Waals surface area contributed by atoms with Crippen LogP contribution in [0.25, 0.3) is 0 Å². The number of benzene rings is 2. The number of likely N-dealkylation sites (tertiary alicyclic amines) is 1. The van der Waals surface area contributed by atoms with Gasteiger partial charge in [0.25, 0.3) is 0 Å². The Balaban J connectivity index is 1.54. The van der Waals surface area contributed by atoms with Crippen molar-refractivity contribution in [1.82, 2.24) is 10.2 Å². The van der Waals surface area contributed by atoms with Crippen molar-refractivity contribution in [1.29, 1.82) is 0 Å². The number of halogens is 1. The van der Waals surface area contributed by atoms with Gasteiger partial charge in [-0.15, -0.1) is 11.8 Å². The van der Waals surface area contributed by atoms with Crippen LogP contribution in [0.3, 0.4) is 0 Å². The van der Waals surface area contributed by atoms with Crippen LogP contribution in [0.1, 0.15) is 25.3 Å². The second-order valence-electron chi connectivity index (χ2n) is 7.48. The third kappa shape index (κ3) is 6.89. The van der Waals surface area contributed by atoms with E-state index in [1.165, 1.54) is 12.5 Å². The van der Waals surface area contributed by atoms with Gasteiger partial charge in [-0.05, 0) is 48.9 Å². The van der Waals surface area contributed by atoms with Crippen molar-refractivity contribution in [3.8, 4) is 0 Å². The number of hydrogen-bond donors (Lipinski definition) is 1. The fraction of sp³-hybridized carbons (Fsp3) is 0.391. The van der Waals surface area contributed by atoms with Crippen LogP contribution < -0.4 is 5.32 Å².